The Morgan fingerprint density at radius 1 is 1.35 bits per heavy atom. The van der Waals surface area contributed by atoms with Gasteiger partial charge in [-0.2, -0.15) is 0 Å². The molecule has 1 aliphatic rings. The number of ether oxygens (including phenoxy) is 1. The van der Waals surface area contributed by atoms with Crippen LogP contribution in [-0.2, 0) is 17.6 Å². The van der Waals surface area contributed by atoms with Crippen molar-refractivity contribution >= 4 is 11.7 Å². The molecule has 2 aromatic heterocycles. The van der Waals surface area contributed by atoms with Gasteiger partial charge in [-0.15, -0.1) is 0 Å². The molecule has 0 aromatic carbocycles. The maximum atomic E-state index is 11.7. The minimum absolute atomic E-state index is 0.0374. The third kappa shape index (κ3) is 4.47. The van der Waals surface area contributed by atoms with Crippen molar-refractivity contribution in [1.29, 1.82) is 0 Å². The number of nitrogens with one attached hydrogen (secondary N) is 1. The smallest absolute Gasteiger partial charge is 0.219 e. The number of aryl methyl sites for hydroxylation is 1. The van der Waals surface area contributed by atoms with E-state index in [0.717, 1.165) is 41.5 Å². The second-order valence-electron chi connectivity index (χ2n) is 6.55. The lowest BCUT2D eigenvalue weighted by Gasteiger charge is -2.18. The van der Waals surface area contributed by atoms with Gasteiger partial charge in [0.1, 0.15) is 23.5 Å². The summed E-state index contributed by atoms with van der Waals surface area (Å²) in [5, 5.41) is 3.41. The van der Waals surface area contributed by atoms with Crippen LogP contribution in [0.4, 0.5) is 5.82 Å². The van der Waals surface area contributed by atoms with Crippen LogP contribution in [0.15, 0.2) is 24.5 Å². The molecule has 0 saturated carbocycles. The molecule has 7 nitrogen and oxygen atoms in total. The Bertz CT molecular complexity index is 766. The fraction of sp³-hybridized carbons (Fsp3) is 0.474. The fourth-order valence-electron chi connectivity index (χ4n) is 3.11. The maximum Gasteiger partial charge on any atom is 0.219 e. The highest BCUT2D eigenvalue weighted by Crippen LogP contribution is 2.22. The minimum Gasteiger partial charge on any atom is -0.487 e. The molecule has 26 heavy (non-hydrogen) atoms. The van der Waals surface area contributed by atoms with E-state index in [0.29, 0.717) is 19.6 Å². The number of nitrogens with zero attached hydrogens (tertiary/aromatic N) is 4. The standard InChI is InChI=1S/C19H25N5O2/c1-13(26-16-5-4-8-20-12-16)11-21-19-17-6-9-24(15(3)25)10-7-18(17)22-14(2)23-19/h4-5,8,12-13H,6-7,9-11H2,1-3H3,(H,21,22,23)/t13-/m0/s1. The molecule has 1 atom stereocenters. The highest BCUT2D eigenvalue weighted by Gasteiger charge is 2.21. The van der Waals surface area contributed by atoms with Gasteiger partial charge in [0.05, 0.1) is 18.4 Å². The number of carbonyl (C=O) groups is 1. The second kappa shape index (κ2) is 8.12. The van der Waals surface area contributed by atoms with Crippen LogP contribution in [0.5, 0.6) is 5.75 Å². The molecule has 1 N–H and O–H groups in total. The third-order valence-electron chi connectivity index (χ3n) is 4.43. The van der Waals surface area contributed by atoms with Crippen LogP contribution < -0.4 is 10.1 Å². The van der Waals surface area contributed by atoms with Gasteiger partial charge in [-0.1, -0.05) is 0 Å². The molecule has 1 aliphatic heterocycles. The Hall–Kier alpha value is -2.70. The molecule has 0 unspecified atom stereocenters. The lowest BCUT2D eigenvalue weighted by atomic mass is 10.1. The van der Waals surface area contributed by atoms with Crippen LogP contribution in [0.1, 0.15) is 30.9 Å². The number of amides is 1. The molecule has 7 heteroatoms. The summed E-state index contributed by atoms with van der Waals surface area (Å²) in [6.07, 6.45) is 4.90. The Morgan fingerprint density at radius 3 is 2.88 bits per heavy atom. The number of pyridine rings is 1. The molecule has 0 radical (unpaired) electrons. The van der Waals surface area contributed by atoms with Crippen LogP contribution in [0, 0.1) is 6.92 Å². The van der Waals surface area contributed by atoms with Gasteiger partial charge in [-0.25, -0.2) is 9.97 Å². The predicted octanol–water partition coefficient (Wildman–Crippen LogP) is 2.01. The van der Waals surface area contributed by atoms with Crippen molar-refractivity contribution in [1.82, 2.24) is 19.9 Å². The van der Waals surface area contributed by atoms with E-state index in [1.807, 2.05) is 30.9 Å². The minimum atomic E-state index is -0.0374. The molecule has 3 heterocycles. The molecule has 0 spiro atoms. The van der Waals surface area contributed by atoms with Crippen LogP contribution >= 0.6 is 0 Å². The molecule has 0 fully saturated rings. The van der Waals surface area contributed by atoms with Crippen LogP contribution in [0.2, 0.25) is 0 Å². The number of aromatic nitrogens is 3. The fourth-order valence-corrected chi connectivity index (χ4v) is 3.11. The van der Waals surface area contributed by atoms with Gasteiger partial charge >= 0.3 is 0 Å². The summed E-state index contributed by atoms with van der Waals surface area (Å²) in [6, 6.07) is 3.74. The molecule has 0 aliphatic carbocycles. The quantitative estimate of drug-likeness (QED) is 0.884. The van der Waals surface area contributed by atoms with E-state index in [1.165, 1.54) is 0 Å². The highest BCUT2D eigenvalue weighted by atomic mass is 16.5. The van der Waals surface area contributed by atoms with Crippen molar-refractivity contribution in [2.75, 3.05) is 25.0 Å². The molecule has 3 rings (SSSR count). The van der Waals surface area contributed by atoms with E-state index in [1.54, 1.807) is 19.3 Å². The largest absolute Gasteiger partial charge is 0.487 e. The number of hydrogen-bond donors (Lipinski definition) is 1. The maximum absolute atomic E-state index is 11.7. The zero-order chi connectivity index (χ0) is 18.5. The van der Waals surface area contributed by atoms with E-state index in [9.17, 15) is 4.79 Å². The van der Waals surface area contributed by atoms with E-state index < -0.39 is 0 Å². The summed E-state index contributed by atoms with van der Waals surface area (Å²) < 4.78 is 5.86. The summed E-state index contributed by atoms with van der Waals surface area (Å²) in [7, 11) is 0. The SMILES string of the molecule is CC(=O)N1CCc2nc(C)nc(NC[C@H](C)Oc3cccnc3)c2CC1. The van der Waals surface area contributed by atoms with Crippen molar-refractivity contribution in [3.05, 3.63) is 41.6 Å². The number of fused-ring (bicyclic) bond motifs is 1. The highest BCUT2D eigenvalue weighted by molar-refractivity contribution is 5.73. The Morgan fingerprint density at radius 2 is 2.15 bits per heavy atom. The van der Waals surface area contributed by atoms with Gasteiger partial charge in [0.2, 0.25) is 5.91 Å². The summed E-state index contributed by atoms with van der Waals surface area (Å²) in [5.74, 6) is 2.44. The first-order chi connectivity index (χ1) is 12.5. The molecular weight excluding hydrogens is 330 g/mol. The predicted molar refractivity (Wildman–Crippen MR) is 99.2 cm³/mol. The first-order valence-corrected chi connectivity index (χ1v) is 8.95. The summed E-state index contributed by atoms with van der Waals surface area (Å²) >= 11 is 0. The molecule has 0 bridgehead atoms. The molecule has 0 saturated heterocycles. The van der Waals surface area contributed by atoms with Gasteiger partial charge in [-0.05, 0) is 32.4 Å². The van der Waals surface area contributed by atoms with Crippen LogP contribution in [-0.4, -0.2) is 51.5 Å². The lowest BCUT2D eigenvalue weighted by molar-refractivity contribution is -0.128. The first-order valence-electron chi connectivity index (χ1n) is 8.95. The Labute approximate surface area is 153 Å². The number of anilines is 1. The van der Waals surface area contributed by atoms with Crippen molar-refractivity contribution < 1.29 is 9.53 Å². The first kappa shape index (κ1) is 18.1. The Balaban J connectivity index is 1.69. The topological polar surface area (TPSA) is 80.2 Å². The average molecular weight is 355 g/mol. The number of rotatable bonds is 5. The second-order valence-corrected chi connectivity index (χ2v) is 6.55. The molecule has 138 valence electrons. The van der Waals surface area contributed by atoms with E-state index in [2.05, 4.69) is 20.3 Å². The van der Waals surface area contributed by atoms with Gasteiger partial charge in [0, 0.05) is 38.2 Å². The lowest BCUT2D eigenvalue weighted by Crippen LogP contribution is -2.31. The van der Waals surface area contributed by atoms with Crippen molar-refractivity contribution in [2.45, 2.75) is 39.7 Å². The van der Waals surface area contributed by atoms with E-state index in [4.69, 9.17) is 4.74 Å². The zero-order valence-corrected chi connectivity index (χ0v) is 15.5. The van der Waals surface area contributed by atoms with E-state index >= 15 is 0 Å². The van der Waals surface area contributed by atoms with Crippen molar-refractivity contribution in [2.24, 2.45) is 0 Å². The molecule has 2 aromatic rings. The monoisotopic (exact) mass is 355 g/mol. The normalized spacial score (nSPS) is 15.0. The zero-order valence-electron chi connectivity index (χ0n) is 15.5. The Kier molecular flexibility index (Phi) is 5.65. The van der Waals surface area contributed by atoms with Crippen LogP contribution in [0.3, 0.4) is 0 Å². The van der Waals surface area contributed by atoms with Gasteiger partial charge in [-0.3, -0.25) is 9.78 Å². The van der Waals surface area contributed by atoms with Crippen molar-refractivity contribution in [3.8, 4) is 5.75 Å². The van der Waals surface area contributed by atoms with Crippen LogP contribution in [0.25, 0.3) is 0 Å². The average Bonchev–Trinajstić information content (AvgIpc) is 2.83. The summed E-state index contributed by atoms with van der Waals surface area (Å²) in [4.78, 5) is 26.8. The van der Waals surface area contributed by atoms with Crippen molar-refractivity contribution in [3.63, 3.8) is 0 Å². The third-order valence-corrected chi connectivity index (χ3v) is 4.43. The van der Waals surface area contributed by atoms with Gasteiger partial charge in [0.15, 0.2) is 0 Å². The molecule has 1 amide bonds. The van der Waals surface area contributed by atoms with E-state index in [-0.39, 0.29) is 12.0 Å². The number of carbonyl (C=O) groups excluding carboxylic acids is 1. The number of hydrogen-bond acceptors (Lipinski definition) is 6. The van der Waals surface area contributed by atoms with Gasteiger partial charge < -0.3 is 15.0 Å². The molecular formula is C19H25N5O2. The summed E-state index contributed by atoms with van der Waals surface area (Å²) in [6.45, 7) is 7.54. The van der Waals surface area contributed by atoms with Gasteiger partial charge in [0.25, 0.3) is 0 Å². The summed E-state index contributed by atoms with van der Waals surface area (Å²) in [5.41, 5.74) is 2.14.